The fourth-order valence-corrected chi connectivity index (χ4v) is 7.12. The number of carbonyl (C=O) groups is 9. The Morgan fingerprint density at radius 3 is 1.90 bits per heavy atom. The number of fused-ring (bicyclic) bond motifs is 1. The van der Waals surface area contributed by atoms with Crippen molar-refractivity contribution >= 4 is 64.1 Å². The van der Waals surface area contributed by atoms with Gasteiger partial charge in [-0.25, -0.2) is 9.78 Å². The zero-order valence-electron chi connectivity index (χ0n) is 39.0. The first-order valence-corrected chi connectivity index (χ1v) is 22.3. The molecule has 372 valence electrons. The summed E-state index contributed by atoms with van der Waals surface area (Å²) in [4.78, 5) is 128. The maximum absolute atomic E-state index is 14.1. The standard InChI is InChI=1S/C46H62N12O11/c1-23(2)38(57-41(63)31(47)17-27-19-50-32-9-7-6-8-30(27)32)45(67)51-21-37(61)54-34(16-26-10-12-29(59)13-11-26)44(66)56-35(18-28-20-49-22-52-28)43(65)53-25(5)40(62)55-33(14-15-36(48)60)42(64)58-39(24(3)4)46(68)69/h6-13,19-20,22-25,31,33-35,38-39,50,59H,14-18,21,47H2,1-5H3,(H2,48,60)(H,49,52)(H,51,67)(H,53,65)(H,54,61)(H,55,62)(H,56,66)(H,57,63)(H,58,64)(H,68,69)/t25-,31-,33-,34-,35-,38-,39-/m0/s1. The highest BCUT2D eigenvalue weighted by molar-refractivity contribution is 5.97. The van der Waals surface area contributed by atoms with Crippen molar-refractivity contribution in [3.8, 4) is 5.75 Å². The summed E-state index contributed by atoms with van der Waals surface area (Å²) in [7, 11) is 0. The Morgan fingerprint density at radius 1 is 0.667 bits per heavy atom. The zero-order valence-corrected chi connectivity index (χ0v) is 39.0. The third kappa shape index (κ3) is 16.5. The Morgan fingerprint density at radius 2 is 1.28 bits per heavy atom. The molecule has 0 saturated carbocycles. The first-order chi connectivity index (χ1) is 32.6. The Bertz CT molecular complexity index is 2440. The summed E-state index contributed by atoms with van der Waals surface area (Å²) in [5.74, 6) is -8.78. The number of aromatic amines is 2. The third-order valence-electron chi connectivity index (χ3n) is 11.1. The molecule has 0 radical (unpaired) electrons. The number of aromatic nitrogens is 3. The topological polar surface area (TPSA) is 375 Å². The van der Waals surface area contributed by atoms with E-state index in [2.05, 4.69) is 52.2 Å². The van der Waals surface area contributed by atoms with Crippen LogP contribution >= 0.6 is 0 Å². The average Bonchev–Trinajstić information content (AvgIpc) is 3.97. The van der Waals surface area contributed by atoms with Gasteiger partial charge in [0.15, 0.2) is 0 Å². The van der Waals surface area contributed by atoms with E-state index in [1.165, 1.54) is 43.7 Å². The van der Waals surface area contributed by atoms with E-state index >= 15 is 0 Å². The molecule has 8 amide bonds. The zero-order chi connectivity index (χ0) is 50.9. The molecule has 0 unspecified atom stereocenters. The molecule has 0 saturated heterocycles. The normalized spacial score (nSPS) is 14.3. The summed E-state index contributed by atoms with van der Waals surface area (Å²) in [6.45, 7) is 7.19. The van der Waals surface area contributed by atoms with Crippen molar-refractivity contribution in [1.29, 1.82) is 0 Å². The number of aromatic hydroxyl groups is 1. The molecule has 69 heavy (non-hydrogen) atoms. The van der Waals surface area contributed by atoms with Gasteiger partial charge in [0.05, 0.1) is 18.9 Å². The number of imidazole rings is 1. The second-order valence-electron chi connectivity index (χ2n) is 17.3. The van der Waals surface area contributed by atoms with Crippen molar-refractivity contribution in [1.82, 2.24) is 52.2 Å². The molecule has 2 aromatic carbocycles. The van der Waals surface area contributed by atoms with Crippen LogP contribution in [0.15, 0.2) is 67.3 Å². The average molecular weight is 959 g/mol. The monoisotopic (exact) mass is 958 g/mol. The van der Waals surface area contributed by atoms with Crippen LogP contribution in [0.2, 0.25) is 0 Å². The van der Waals surface area contributed by atoms with E-state index < -0.39 is 114 Å². The Balaban J connectivity index is 1.45. The van der Waals surface area contributed by atoms with Crippen LogP contribution < -0.4 is 48.7 Å². The predicted octanol–water partition coefficient (Wildman–Crippen LogP) is -1.34. The van der Waals surface area contributed by atoms with Gasteiger partial charge in [0.25, 0.3) is 0 Å². The number of nitrogens with one attached hydrogen (secondary N) is 9. The molecule has 0 aliphatic carbocycles. The van der Waals surface area contributed by atoms with Crippen LogP contribution in [0, 0.1) is 11.8 Å². The number of aliphatic carboxylic acids is 1. The van der Waals surface area contributed by atoms with Gasteiger partial charge in [-0.1, -0.05) is 58.0 Å². The minimum atomic E-state index is -1.42. The molecular formula is C46H62N12O11. The number of hydrogen-bond donors (Lipinski definition) is 13. The maximum Gasteiger partial charge on any atom is 0.326 e. The lowest BCUT2D eigenvalue weighted by Crippen LogP contribution is -2.59. The molecule has 4 rings (SSSR count). The molecule has 15 N–H and O–H groups in total. The summed E-state index contributed by atoms with van der Waals surface area (Å²) < 4.78 is 0. The van der Waals surface area contributed by atoms with E-state index in [9.17, 15) is 53.4 Å². The van der Waals surface area contributed by atoms with Crippen molar-refractivity contribution < 1.29 is 53.4 Å². The van der Waals surface area contributed by atoms with Crippen LogP contribution in [0.25, 0.3) is 10.9 Å². The lowest BCUT2D eigenvalue weighted by molar-refractivity contribution is -0.143. The first kappa shape index (κ1) is 53.8. The minimum absolute atomic E-state index is 0.0634. The summed E-state index contributed by atoms with van der Waals surface area (Å²) in [6, 6.07) is 4.30. The third-order valence-corrected chi connectivity index (χ3v) is 11.1. The van der Waals surface area contributed by atoms with Crippen LogP contribution in [0.4, 0.5) is 0 Å². The van der Waals surface area contributed by atoms with E-state index in [1.54, 1.807) is 33.9 Å². The van der Waals surface area contributed by atoms with E-state index in [0.717, 1.165) is 16.5 Å². The molecule has 23 heteroatoms. The lowest BCUT2D eigenvalue weighted by atomic mass is 10.0. The summed E-state index contributed by atoms with van der Waals surface area (Å²) in [5, 5.41) is 38.0. The van der Waals surface area contributed by atoms with Crippen molar-refractivity contribution in [2.24, 2.45) is 23.3 Å². The molecule has 0 bridgehead atoms. The van der Waals surface area contributed by atoms with E-state index in [4.69, 9.17) is 11.5 Å². The lowest BCUT2D eigenvalue weighted by Gasteiger charge is -2.26. The molecule has 4 aromatic rings. The second kappa shape index (κ2) is 25.4. The molecule has 23 nitrogen and oxygen atoms in total. The number of carboxylic acids is 1. The van der Waals surface area contributed by atoms with Crippen LogP contribution in [-0.2, 0) is 62.4 Å². The van der Waals surface area contributed by atoms with Crippen molar-refractivity contribution in [3.05, 3.63) is 84.1 Å². The van der Waals surface area contributed by atoms with Gasteiger partial charge in [0.2, 0.25) is 47.3 Å². The number of phenols is 1. The van der Waals surface area contributed by atoms with Crippen LogP contribution in [0.5, 0.6) is 5.75 Å². The quantitative estimate of drug-likeness (QED) is 0.0347. The molecule has 0 aliphatic heterocycles. The van der Waals surface area contributed by atoms with Gasteiger partial charge < -0.3 is 68.9 Å². The Labute approximate surface area is 397 Å². The number of nitrogens with zero attached hydrogens (tertiary/aromatic N) is 1. The molecule has 0 spiro atoms. The molecule has 2 aromatic heterocycles. The fraction of sp³-hybridized carbons (Fsp3) is 0.435. The molecule has 7 atom stereocenters. The van der Waals surface area contributed by atoms with Crippen LogP contribution in [-0.4, -0.2) is 127 Å². The summed E-state index contributed by atoms with van der Waals surface area (Å²) in [6.07, 6.45) is 3.71. The fourth-order valence-electron chi connectivity index (χ4n) is 7.12. The summed E-state index contributed by atoms with van der Waals surface area (Å²) >= 11 is 0. The minimum Gasteiger partial charge on any atom is -0.508 e. The van der Waals surface area contributed by atoms with Gasteiger partial charge >= 0.3 is 5.97 Å². The van der Waals surface area contributed by atoms with Crippen molar-refractivity contribution in [2.45, 2.75) is 109 Å². The molecule has 0 fully saturated rings. The highest BCUT2D eigenvalue weighted by atomic mass is 16.4. The van der Waals surface area contributed by atoms with Gasteiger partial charge in [-0.2, -0.15) is 0 Å². The Kier molecular flexibility index (Phi) is 19.8. The second-order valence-corrected chi connectivity index (χ2v) is 17.3. The molecular weight excluding hydrogens is 897 g/mol. The number of H-pyrrole nitrogens is 2. The van der Waals surface area contributed by atoms with Gasteiger partial charge in [-0.3, -0.25) is 38.4 Å². The highest BCUT2D eigenvalue weighted by Gasteiger charge is 2.33. The summed E-state index contributed by atoms with van der Waals surface area (Å²) in [5.41, 5.74) is 14.1. The molecule has 2 heterocycles. The molecule has 0 aliphatic rings. The van der Waals surface area contributed by atoms with Gasteiger partial charge in [-0.05, 0) is 60.9 Å². The number of carbonyl (C=O) groups excluding carboxylic acids is 8. The van der Waals surface area contributed by atoms with Gasteiger partial charge in [-0.15, -0.1) is 0 Å². The van der Waals surface area contributed by atoms with E-state index in [0.29, 0.717) is 11.3 Å². The largest absolute Gasteiger partial charge is 0.508 e. The Hall–Kier alpha value is -7.82. The van der Waals surface area contributed by atoms with Crippen LogP contribution in [0.3, 0.4) is 0 Å². The number of phenolic OH excluding ortho intramolecular Hbond substituents is 1. The smallest absolute Gasteiger partial charge is 0.326 e. The number of nitrogens with two attached hydrogens (primary N) is 2. The van der Waals surface area contributed by atoms with Crippen LogP contribution in [0.1, 0.15) is 64.3 Å². The highest BCUT2D eigenvalue weighted by Crippen LogP contribution is 2.19. The van der Waals surface area contributed by atoms with Gasteiger partial charge in [0.1, 0.15) is 42.0 Å². The number of amides is 8. The van der Waals surface area contributed by atoms with Crippen molar-refractivity contribution in [3.63, 3.8) is 0 Å². The number of rotatable bonds is 26. The van der Waals surface area contributed by atoms with Crippen molar-refractivity contribution in [2.75, 3.05) is 6.54 Å². The first-order valence-electron chi connectivity index (χ1n) is 22.3. The number of primary amides is 1. The van der Waals surface area contributed by atoms with E-state index in [-0.39, 0.29) is 37.9 Å². The maximum atomic E-state index is 14.1. The number of carboxylic acid groups (broad SMARTS) is 1. The van der Waals surface area contributed by atoms with Gasteiger partial charge in [0, 0.05) is 48.3 Å². The number of hydrogen-bond acceptors (Lipinski definition) is 12. The number of para-hydroxylation sites is 1. The SMILES string of the molecule is CC(C)[C@H](NC(=O)[C@H](CCC(N)=O)NC(=O)[C@H](C)NC(=O)[C@H](Cc1cnc[nH]1)NC(=O)[C@H](Cc1ccc(O)cc1)NC(=O)CNC(=O)[C@@H](NC(=O)[C@@H](N)Cc1c[nH]c2ccccc12)C(C)C)C(=O)O. The van der Waals surface area contributed by atoms with E-state index in [1.807, 2.05) is 24.3 Å². The number of benzene rings is 2. The predicted molar refractivity (Wildman–Crippen MR) is 250 cm³/mol.